The molecule has 0 spiro atoms. The number of carboxylic acids is 1. The summed E-state index contributed by atoms with van der Waals surface area (Å²) in [7, 11) is 0. The fraction of sp³-hybridized carbons (Fsp3) is 0.261. The zero-order valence-electron chi connectivity index (χ0n) is 16.0. The van der Waals surface area contributed by atoms with Crippen LogP contribution >= 0.6 is 0 Å². The van der Waals surface area contributed by atoms with Gasteiger partial charge in [-0.15, -0.1) is 0 Å². The molecule has 2 bridgehead atoms. The molecule has 1 fully saturated rings. The van der Waals surface area contributed by atoms with Crippen LogP contribution in [-0.2, 0) is 9.59 Å². The summed E-state index contributed by atoms with van der Waals surface area (Å²) in [5, 5.41) is 15.3. The molecule has 2 aliphatic rings. The number of nitrogens with one attached hydrogen (secondary N) is 2. The second-order valence-electron chi connectivity index (χ2n) is 7.68. The third-order valence-corrected chi connectivity index (χ3v) is 5.83. The van der Waals surface area contributed by atoms with Crippen LogP contribution in [0.3, 0.4) is 0 Å². The first kappa shape index (κ1) is 18.9. The predicted molar refractivity (Wildman–Crippen MR) is 110 cm³/mol. The van der Waals surface area contributed by atoms with Gasteiger partial charge in [0.25, 0.3) is 5.91 Å². The van der Waals surface area contributed by atoms with Crippen molar-refractivity contribution in [2.45, 2.75) is 13.3 Å². The zero-order chi connectivity index (χ0) is 20.5. The van der Waals surface area contributed by atoms with Crippen molar-refractivity contribution in [3.05, 3.63) is 71.8 Å². The summed E-state index contributed by atoms with van der Waals surface area (Å²) in [6.07, 6.45) is 4.60. The summed E-state index contributed by atoms with van der Waals surface area (Å²) in [6, 6.07) is 14.2. The van der Waals surface area contributed by atoms with Crippen molar-refractivity contribution < 1.29 is 19.5 Å². The van der Waals surface area contributed by atoms with Crippen LogP contribution in [0.25, 0.3) is 0 Å². The maximum Gasteiger partial charge on any atom is 0.307 e. The van der Waals surface area contributed by atoms with Crippen LogP contribution < -0.4 is 10.6 Å². The van der Waals surface area contributed by atoms with Crippen molar-refractivity contribution >= 4 is 29.2 Å². The third-order valence-electron chi connectivity index (χ3n) is 5.83. The number of benzene rings is 2. The topological polar surface area (TPSA) is 95.5 Å². The molecule has 4 rings (SSSR count). The number of amides is 2. The second kappa shape index (κ2) is 7.54. The Labute approximate surface area is 168 Å². The van der Waals surface area contributed by atoms with Gasteiger partial charge in [0.15, 0.2) is 0 Å². The normalized spacial score (nSPS) is 24.3. The van der Waals surface area contributed by atoms with Gasteiger partial charge in [0, 0.05) is 16.9 Å². The SMILES string of the molecule is Cc1cc(NC(=O)[C@H]2[C@@H](C(=O)O)[C@H]3C=C[C@H]2C3)ccc1NC(=O)c1ccccc1. The summed E-state index contributed by atoms with van der Waals surface area (Å²) in [6.45, 7) is 1.84. The van der Waals surface area contributed by atoms with Crippen molar-refractivity contribution in [2.24, 2.45) is 23.7 Å². The van der Waals surface area contributed by atoms with Gasteiger partial charge in [0.2, 0.25) is 5.91 Å². The minimum atomic E-state index is -0.919. The lowest BCUT2D eigenvalue weighted by molar-refractivity contribution is -0.146. The zero-order valence-corrected chi connectivity index (χ0v) is 16.0. The monoisotopic (exact) mass is 390 g/mol. The van der Waals surface area contributed by atoms with E-state index in [2.05, 4.69) is 10.6 Å². The van der Waals surface area contributed by atoms with Crippen molar-refractivity contribution in [1.82, 2.24) is 0 Å². The van der Waals surface area contributed by atoms with E-state index in [0.29, 0.717) is 16.9 Å². The smallest absolute Gasteiger partial charge is 0.307 e. The number of aliphatic carboxylic acids is 1. The van der Waals surface area contributed by atoms with Gasteiger partial charge in [-0.1, -0.05) is 30.4 Å². The van der Waals surface area contributed by atoms with Gasteiger partial charge in [-0.3, -0.25) is 14.4 Å². The highest BCUT2D eigenvalue weighted by molar-refractivity contribution is 6.05. The molecule has 3 N–H and O–H groups in total. The number of aryl methyl sites for hydroxylation is 1. The first-order chi connectivity index (χ1) is 13.9. The fourth-order valence-electron chi connectivity index (χ4n) is 4.41. The number of carbonyl (C=O) groups is 3. The Morgan fingerprint density at radius 1 is 0.931 bits per heavy atom. The maximum absolute atomic E-state index is 12.8. The van der Waals surface area contributed by atoms with Gasteiger partial charge in [-0.05, 0) is 61.1 Å². The highest BCUT2D eigenvalue weighted by Gasteiger charge is 2.51. The van der Waals surface area contributed by atoms with Crippen LogP contribution in [0.15, 0.2) is 60.7 Å². The van der Waals surface area contributed by atoms with Crippen molar-refractivity contribution in [3.8, 4) is 0 Å². The molecular weight excluding hydrogens is 368 g/mol. The van der Waals surface area contributed by atoms with E-state index < -0.39 is 17.8 Å². The molecule has 2 aliphatic carbocycles. The molecular formula is C23H22N2O4. The maximum atomic E-state index is 12.8. The molecule has 4 atom stereocenters. The number of anilines is 2. The summed E-state index contributed by atoms with van der Waals surface area (Å²) in [5.41, 5.74) is 2.60. The number of allylic oxidation sites excluding steroid dienone is 2. The number of hydrogen-bond donors (Lipinski definition) is 3. The Kier molecular flexibility index (Phi) is 4.92. The van der Waals surface area contributed by atoms with Crippen LogP contribution in [0.2, 0.25) is 0 Å². The average molecular weight is 390 g/mol. The van der Waals surface area contributed by atoms with E-state index >= 15 is 0 Å². The predicted octanol–water partition coefficient (Wildman–Crippen LogP) is 3.71. The lowest BCUT2D eigenvalue weighted by Crippen LogP contribution is -2.36. The molecule has 0 saturated heterocycles. The number of fused-ring (bicyclic) bond motifs is 2. The molecule has 6 nitrogen and oxygen atoms in total. The minimum Gasteiger partial charge on any atom is -0.481 e. The molecule has 0 heterocycles. The molecule has 2 amide bonds. The summed E-state index contributed by atoms with van der Waals surface area (Å²) in [4.78, 5) is 36.8. The van der Waals surface area contributed by atoms with E-state index in [0.717, 1.165) is 12.0 Å². The van der Waals surface area contributed by atoms with Gasteiger partial charge in [-0.25, -0.2) is 0 Å². The van der Waals surface area contributed by atoms with Gasteiger partial charge < -0.3 is 15.7 Å². The van der Waals surface area contributed by atoms with Crippen LogP contribution in [0.1, 0.15) is 22.3 Å². The lowest BCUT2D eigenvalue weighted by atomic mass is 9.82. The molecule has 29 heavy (non-hydrogen) atoms. The highest BCUT2D eigenvalue weighted by Crippen LogP contribution is 2.48. The van der Waals surface area contributed by atoms with Crippen molar-refractivity contribution in [1.29, 1.82) is 0 Å². The van der Waals surface area contributed by atoms with Gasteiger partial charge in [0.05, 0.1) is 11.8 Å². The van der Waals surface area contributed by atoms with Crippen LogP contribution in [0.4, 0.5) is 11.4 Å². The van der Waals surface area contributed by atoms with E-state index in [-0.39, 0.29) is 23.7 Å². The summed E-state index contributed by atoms with van der Waals surface area (Å²) >= 11 is 0. The number of hydrogen-bond acceptors (Lipinski definition) is 3. The summed E-state index contributed by atoms with van der Waals surface area (Å²) in [5.74, 6) is -2.71. The Hall–Kier alpha value is -3.41. The standard InChI is InChI=1S/C23H22N2O4/c1-13-11-17(9-10-18(13)25-21(26)14-5-3-2-4-6-14)24-22(27)19-15-7-8-16(12-15)20(19)23(28)29/h2-11,15-16,19-20H,12H2,1H3,(H,24,27)(H,25,26)(H,28,29)/t15-,16-,19+,20-/m0/s1. The van der Waals surface area contributed by atoms with Gasteiger partial charge in [0.1, 0.15) is 0 Å². The van der Waals surface area contributed by atoms with Crippen molar-refractivity contribution in [3.63, 3.8) is 0 Å². The minimum absolute atomic E-state index is 0.0216. The Morgan fingerprint density at radius 3 is 2.28 bits per heavy atom. The van der Waals surface area contributed by atoms with Gasteiger partial charge in [-0.2, -0.15) is 0 Å². The summed E-state index contributed by atoms with van der Waals surface area (Å²) < 4.78 is 0. The molecule has 0 aromatic heterocycles. The molecule has 1 saturated carbocycles. The number of carboxylic acid groups (broad SMARTS) is 1. The van der Waals surface area contributed by atoms with Crippen LogP contribution in [0, 0.1) is 30.6 Å². The third kappa shape index (κ3) is 3.66. The van der Waals surface area contributed by atoms with E-state index in [1.165, 1.54) is 0 Å². The first-order valence-electron chi connectivity index (χ1n) is 9.63. The fourth-order valence-corrected chi connectivity index (χ4v) is 4.41. The molecule has 2 aromatic rings. The number of carbonyl (C=O) groups excluding carboxylic acids is 2. The largest absolute Gasteiger partial charge is 0.481 e. The second-order valence-corrected chi connectivity index (χ2v) is 7.68. The van der Waals surface area contributed by atoms with E-state index in [1.54, 1.807) is 42.5 Å². The van der Waals surface area contributed by atoms with Crippen molar-refractivity contribution in [2.75, 3.05) is 10.6 Å². The molecule has 2 aromatic carbocycles. The lowest BCUT2D eigenvalue weighted by Gasteiger charge is -2.24. The molecule has 0 radical (unpaired) electrons. The van der Waals surface area contributed by atoms with Gasteiger partial charge >= 0.3 is 5.97 Å². The average Bonchev–Trinajstić information content (AvgIpc) is 3.32. The van der Waals surface area contributed by atoms with E-state index in [1.807, 2.05) is 25.1 Å². The van der Waals surface area contributed by atoms with E-state index in [4.69, 9.17) is 0 Å². The first-order valence-corrected chi connectivity index (χ1v) is 9.63. The Balaban J connectivity index is 1.46. The van der Waals surface area contributed by atoms with Crippen LogP contribution in [0.5, 0.6) is 0 Å². The molecule has 0 aliphatic heterocycles. The molecule has 6 heteroatoms. The Morgan fingerprint density at radius 2 is 1.62 bits per heavy atom. The van der Waals surface area contributed by atoms with Crippen LogP contribution in [-0.4, -0.2) is 22.9 Å². The quantitative estimate of drug-likeness (QED) is 0.678. The molecule has 148 valence electrons. The highest BCUT2D eigenvalue weighted by atomic mass is 16.4. The number of rotatable bonds is 5. The Bertz CT molecular complexity index is 999. The van der Waals surface area contributed by atoms with E-state index in [9.17, 15) is 19.5 Å². The molecule has 0 unspecified atom stereocenters.